The molecule has 1 heterocycles. The Balaban J connectivity index is 1.72. The van der Waals surface area contributed by atoms with Gasteiger partial charge >= 0.3 is 0 Å². The predicted molar refractivity (Wildman–Crippen MR) is 61.8 cm³/mol. The SMILES string of the molecule is NCC1(C(=O)NCCc2ccsc2)CC1. The highest BCUT2D eigenvalue weighted by Crippen LogP contribution is 2.44. The van der Waals surface area contributed by atoms with E-state index in [9.17, 15) is 4.79 Å². The van der Waals surface area contributed by atoms with E-state index in [0.29, 0.717) is 6.54 Å². The summed E-state index contributed by atoms with van der Waals surface area (Å²) in [7, 11) is 0. The minimum absolute atomic E-state index is 0.139. The molecule has 1 saturated carbocycles. The van der Waals surface area contributed by atoms with E-state index in [1.165, 1.54) is 5.56 Å². The van der Waals surface area contributed by atoms with Crippen LogP contribution in [0.4, 0.5) is 0 Å². The summed E-state index contributed by atoms with van der Waals surface area (Å²) >= 11 is 1.69. The Morgan fingerprint density at radius 3 is 2.93 bits per heavy atom. The van der Waals surface area contributed by atoms with Gasteiger partial charge in [-0.25, -0.2) is 0 Å². The first kappa shape index (κ1) is 10.6. The van der Waals surface area contributed by atoms with Crippen molar-refractivity contribution >= 4 is 17.2 Å². The number of carbonyl (C=O) groups excluding carboxylic acids is 1. The normalized spacial score (nSPS) is 17.4. The van der Waals surface area contributed by atoms with Crippen molar-refractivity contribution in [3.63, 3.8) is 0 Å². The van der Waals surface area contributed by atoms with Gasteiger partial charge in [0, 0.05) is 13.1 Å². The Labute approximate surface area is 93.7 Å². The summed E-state index contributed by atoms with van der Waals surface area (Å²) in [5.74, 6) is 0.139. The molecule has 82 valence electrons. The summed E-state index contributed by atoms with van der Waals surface area (Å²) in [6, 6.07) is 2.09. The number of thiophene rings is 1. The van der Waals surface area contributed by atoms with Crippen molar-refractivity contribution in [2.45, 2.75) is 19.3 Å². The van der Waals surface area contributed by atoms with Gasteiger partial charge in [0.1, 0.15) is 0 Å². The van der Waals surface area contributed by atoms with Crippen LogP contribution in [0, 0.1) is 5.41 Å². The molecule has 0 spiro atoms. The molecule has 1 aliphatic carbocycles. The van der Waals surface area contributed by atoms with Crippen LogP contribution in [0.1, 0.15) is 18.4 Å². The zero-order valence-electron chi connectivity index (χ0n) is 8.66. The maximum atomic E-state index is 11.7. The molecule has 0 saturated heterocycles. The maximum absolute atomic E-state index is 11.7. The van der Waals surface area contributed by atoms with Crippen LogP contribution in [-0.4, -0.2) is 19.0 Å². The van der Waals surface area contributed by atoms with E-state index in [1.54, 1.807) is 11.3 Å². The van der Waals surface area contributed by atoms with Crippen LogP contribution < -0.4 is 11.1 Å². The monoisotopic (exact) mass is 224 g/mol. The first-order chi connectivity index (χ1) is 7.27. The highest BCUT2D eigenvalue weighted by molar-refractivity contribution is 7.07. The molecule has 1 amide bonds. The summed E-state index contributed by atoms with van der Waals surface area (Å²) in [6.45, 7) is 1.20. The van der Waals surface area contributed by atoms with Gasteiger partial charge in [-0.15, -0.1) is 0 Å². The zero-order chi connectivity index (χ0) is 10.7. The molecule has 0 bridgehead atoms. The second-order valence-electron chi connectivity index (χ2n) is 4.12. The van der Waals surface area contributed by atoms with Crippen molar-refractivity contribution in [3.05, 3.63) is 22.4 Å². The number of hydrogen-bond donors (Lipinski definition) is 2. The molecular weight excluding hydrogens is 208 g/mol. The number of carbonyl (C=O) groups is 1. The Morgan fingerprint density at radius 2 is 2.40 bits per heavy atom. The summed E-state index contributed by atoms with van der Waals surface area (Å²) in [4.78, 5) is 11.7. The van der Waals surface area contributed by atoms with Crippen molar-refractivity contribution in [2.24, 2.45) is 11.1 Å². The smallest absolute Gasteiger partial charge is 0.227 e. The van der Waals surface area contributed by atoms with Crippen molar-refractivity contribution in [1.82, 2.24) is 5.32 Å². The molecule has 1 fully saturated rings. The molecule has 1 aliphatic rings. The molecule has 4 heteroatoms. The lowest BCUT2D eigenvalue weighted by atomic mass is 10.1. The van der Waals surface area contributed by atoms with Crippen LogP contribution in [0.2, 0.25) is 0 Å². The topological polar surface area (TPSA) is 55.1 Å². The van der Waals surface area contributed by atoms with Crippen molar-refractivity contribution in [3.8, 4) is 0 Å². The fraction of sp³-hybridized carbons (Fsp3) is 0.545. The first-order valence-corrected chi connectivity index (χ1v) is 6.21. The summed E-state index contributed by atoms with van der Waals surface area (Å²) < 4.78 is 0. The van der Waals surface area contributed by atoms with Crippen LogP contribution in [0.15, 0.2) is 16.8 Å². The zero-order valence-corrected chi connectivity index (χ0v) is 9.48. The Hall–Kier alpha value is -0.870. The van der Waals surface area contributed by atoms with Crippen LogP contribution in [0.25, 0.3) is 0 Å². The van der Waals surface area contributed by atoms with Crippen molar-refractivity contribution < 1.29 is 4.79 Å². The fourth-order valence-electron chi connectivity index (χ4n) is 1.62. The molecule has 3 nitrogen and oxygen atoms in total. The third-order valence-electron chi connectivity index (χ3n) is 3.01. The largest absolute Gasteiger partial charge is 0.355 e. The number of nitrogens with one attached hydrogen (secondary N) is 1. The van der Waals surface area contributed by atoms with Crippen molar-refractivity contribution in [1.29, 1.82) is 0 Å². The third kappa shape index (κ3) is 2.38. The molecule has 0 aromatic carbocycles. The molecule has 0 aliphatic heterocycles. The van der Waals surface area contributed by atoms with E-state index in [4.69, 9.17) is 5.73 Å². The van der Waals surface area contributed by atoms with Crippen LogP contribution >= 0.6 is 11.3 Å². The molecule has 15 heavy (non-hydrogen) atoms. The van der Waals surface area contributed by atoms with Gasteiger partial charge in [-0.05, 0) is 41.7 Å². The van der Waals surface area contributed by atoms with Gasteiger partial charge in [0.2, 0.25) is 5.91 Å². The predicted octanol–water partition coefficient (Wildman–Crippen LogP) is 1.15. The van der Waals surface area contributed by atoms with Gasteiger partial charge in [-0.3, -0.25) is 4.79 Å². The minimum atomic E-state index is -0.214. The molecular formula is C11H16N2OS. The van der Waals surface area contributed by atoms with Crippen LogP contribution in [-0.2, 0) is 11.2 Å². The Bertz CT molecular complexity index is 330. The Kier molecular flexibility index (Phi) is 3.07. The molecule has 1 aromatic rings. The molecule has 0 atom stereocenters. The first-order valence-electron chi connectivity index (χ1n) is 5.26. The van der Waals surface area contributed by atoms with E-state index >= 15 is 0 Å². The lowest BCUT2D eigenvalue weighted by molar-refractivity contribution is -0.125. The van der Waals surface area contributed by atoms with E-state index in [2.05, 4.69) is 22.1 Å². The fourth-order valence-corrected chi connectivity index (χ4v) is 2.32. The van der Waals surface area contributed by atoms with Gasteiger partial charge in [0.25, 0.3) is 0 Å². The van der Waals surface area contributed by atoms with Crippen LogP contribution in [0.5, 0.6) is 0 Å². The average Bonchev–Trinajstić information content (AvgIpc) is 2.90. The average molecular weight is 224 g/mol. The molecule has 0 unspecified atom stereocenters. The van der Waals surface area contributed by atoms with Gasteiger partial charge in [-0.2, -0.15) is 11.3 Å². The van der Waals surface area contributed by atoms with Crippen molar-refractivity contribution in [2.75, 3.05) is 13.1 Å². The molecule has 2 rings (SSSR count). The van der Waals surface area contributed by atoms with E-state index in [0.717, 1.165) is 25.8 Å². The second kappa shape index (κ2) is 4.33. The number of hydrogen-bond acceptors (Lipinski definition) is 3. The molecule has 3 N–H and O–H groups in total. The second-order valence-corrected chi connectivity index (χ2v) is 4.90. The van der Waals surface area contributed by atoms with Gasteiger partial charge < -0.3 is 11.1 Å². The van der Waals surface area contributed by atoms with E-state index in [1.807, 2.05) is 0 Å². The highest BCUT2D eigenvalue weighted by atomic mass is 32.1. The van der Waals surface area contributed by atoms with Gasteiger partial charge in [0.05, 0.1) is 5.41 Å². The number of nitrogens with two attached hydrogens (primary N) is 1. The summed E-state index contributed by atoms with van der Waals surface area (Å²) in [5.41, 5.74) is 6.65. The summed E-state index contributed by atoms with van der Waals surface area (Å²) in [5, 5.41) is 7.13. The van der Waals surface area contributed by atoms with Gasteiger partial charge in [0.15, 0.2) is 0 Å². The molecule has 0 radical (unpaired) electrons. The third-order valence-corrected chi connectivity index (χ3v) is 3.74. The quantitative estimate of drug-likeness (QED) is 0.788. The van der Waals surface area contributed by atoms with E-state index < -0.39 is 0 Å². The van der Waals surface area contributed by atoms with E-state index in [-0.39, 0.29) is 11.3 Å². The number of amides is 1. The standard InChI is InChI=1S/C11H16N2OS/c12-8-11(3-4-11)10(14)13-5-1-9-2-6-15-7-9/h2,6-7H,1,3-5,8,12H2,(H,13,14). The van der Waals surface area contributed by atoms with Crippen LogP contribution in [0.3, 0.4) is 0 Å². The minimum Gasteiger partial charge on any atom is -0.355 e. The lowest BCUT2D eigenvalue weighted by Crippen LogP contribution is -2.37. The number of rotatable bonds is 5. The van der Waals surface area contributed by atoms with Gasteiger partial charge in [-0.1, -0.05) is 0 Å². The maximum Gasteiger partial charge on any atom is 0.227 e. The summed E-state index contributed by atoms with van der Waals surface area (Å²) in [6.07, 6.45) is 2.82. The molecule has 1 aromatic heterocycles. The highest BCUT2D eigenvalue weighted by Gasteiger charge is 2.48. The Morgan fingerprint density at radius 1 is 1.60 bits per heavy atom. The lowest BCUT2D eigenvalue weighted by Gasteiger charge is -2.12.